The summed E-state index contributed by atoms with van der Waals surface area (Å²) in [6.07, 6.45) is 3.62. The van der Waals surface area contributed by atoms with Gasteiger partial charge in [0.15, 0.2) is 0 Å². The fourth-order valence-corrected chi connectivity index (χ4v) is 2.09. The molecule has 0 fully saturated rings. The Morgan fingerprint density at radius 2 is 2.05 bits per heavy atom. The molecule has 0 bridgehead atoms. The second-order valence-corrected chi connectivity index (χ2v) is 4.48. The van der Waals surface area contributed by atoms with Gasteiger partial charge in [-0.05, 0) is 25.3 Å². The first-order valence-corrected chi connectivity index (χ1v) is 6.37. The number of methoxy groups -OCH3 is 1. The minimum atomic E-state index is -0.324. The zero-order valence-corrected chi connectivity index (χ0v) is 11.3. The Hall–Kier alpha value is -2.10. The lowest BCUT2D eigenvalue weighted by atomic mass is 10.1. The number of benzene rings is 1. The molecular weight excluding hydrogens is 240 g/mol. The summed E-state index contributed by atoms with van der Waals surface area (Å²) in [7, 11) is 1.39. The molecule has 0 aliphatic carbocycles. The van der Waals surface area contributed by atoms with Crippen molar-refractivity contribution in [3.05, 3.63) is 53.3 Å². The zero-order valence-electron chi connectivity index (χ0n) is 11.3. The average molecular weight is 258 g/mol. The van der Waals surface area contributed by atoms with Gasteiger partial charge in [-0.1, -0.05) is 30.3 Å². The van der Waals surface area contributed by atoms with Crippen molar-refractivity contribution in [1.29, 1.82) is 0 Å². The number of carbonyl (C=O) groups excluding carboxylic acids is 1. The molecule has 2 rings (SSSR count). The number of rotatable bonds is 5. The van der Waals surface area contributed by atoms with Crippen molar-refractivity contribution in [3.8, 4) is 0 Å². The molecule has 0 aliphatic heterocycles. The molecule has 0 saturated carbocycles. The van der Waals surface area contributed by atoms with Crippen molar-refractivity contribution in [2.45, 2.75) is 26.3 Å². The fourth-order valence-electron chi connectivity index (χ4n) is 2.09. The van der Waals surface area contributed by atoms with Gasteiger partial charge in [-0.3, -0.25) is 4.68 Å². The molecule has 100 valence electrons. The van der Waals surface area contributed by atoms with Gasteiger partial charge in [-0.25, -0.2) is 4.79 Å². The topological polar surface area (TPSA) is 44.1 Å². The highest BCUT2D eigenvalue weighted by molar-refractivity contribution is 5.88. The number of aromatic nitrogens is 2. The van der Waals surface area contributed by atoms with Crippen LogP contribution < -0.4 is 0 Å². The third-order valence-electron chi connectivity index (χ3n) is 3.08. The van der Waals surface area contributed by atoms with Crippen molar-refractivity contribution in [3.63, 3.8) is 0 Å². The van der Waals surface area contributed by atoms with Crippen molar-refractivity contribution in [1.82, 2.24) is 9.78 Å². The fraction of sp³-hybridized carbons (Fsp3) is 0.333. The van der Waals surface area contributed by atoms with E-state index < -0.39 is 0 Å². The van der Waals surface area contributed by atoms with Crippen LogP contribution in [0.3, 0.4) is 0 Å². The third-order valence-corrected chi connectivity index (χ3v) is 3.08. The maximum absolute atomic E-state index is 11.7. The maximum atomic E-state index is 11.7. The van der Waals surface area contributed by atoms with Crippen molar-refractivity contribution in [2.75, 3.05) is 7.11 Å². The molecule has 0 unspecified atom stereocenters. The van der Waals surface area contributed by atoms with Crippen molar-refractivity contribution in [2.24, 2.45) is 0 Å². The molecule has 1 heterocycles. The van der Waals surface area contributed by atoms with Crippen LogP contribution in [0, 0.1) is 6.92 Å². The van der Waals surface area contributed by atoms with E-state index in [9.17, 15) is 4.79 Å². The van der Waals surface area contributed by atoms with Gasteiger partial charge in [-0.15, -0.1) is 0 Å². The van der Waals surface area contributed by atoms with Crippen LogP contribution in [-0.2, 0) is 17.7 Å². The average Bonchev–Trinajstić information content (AvgIpc) is 2.80. The Balaban J connectivity index is 1.98. The minimum Gasteiger partial charge on any atom is -0.464 e. The lowest BCUT2D eigenvalue weighted by molar-refractivity contribution is 0.0585. The van der Waals surface area contributed by atoms with Gasteiger partial charge in [0.05, 0.1) is 13.3 Å². The van der Waals surface area contributed by atoms with Crippen LogP contribution in [0.5, 0.6) is 0 Å². The first kappa shape index (κ1) is 13.3. The van der Waals surface area contributed by atoms with E-state index in [1.165, 1.54) is 12.7 Å². The van der Waals surface area contributed by atoms with Crippen LogP contribution in [0.4, 0.5) is 0 Å². The minimum absolute atomic E-state index is 0.324. The van der Waals surface area contributed by atoms with E-state index in [0.29, 0.717) is 12.2 Å². The van der Waals surface area contributed by atoms with E-state index >= 15 is 0 Å². The van der Waals surface area contributed by atoms with Gasteiger partial charge in [0, 0.05) is 12.1 Å². The summed E-state index contributed by atoms with van der Waals surface area (Å²) in [6, 6.07) is 10.3. The SMILES string of the molecule is COC(=O)c1c(C)cnn1CCCc1ccccc1. The molecule has 4 nitrogen and oxygen atoms in total. The number of hydrogen-bond acceptors (Lipinski definition) is 3. The van der Waals surface area contributed by atoms with E-state index in [4.69, 9.17) is 4.74 Å². The van der Waals surface area contributed by atoms with Crippen LogP contribution in [0.15, 0.2) is 36.5 Å². The first-order chi connectivity index (χ1) is 9.22. The summed E-state index contributed by atoms with van der Waals surface area (Å²) in [5.74, 6) is -0.324. The zero-order chi connectivity index (χ0) is 13.7. The van der Waals surface area contributed by atoms with Crippen LogP contribution >= 0.6 is 0 Å². The first-order valence-electron chi connectivity index (χ1n) is 6.37. The molecule has 0 atom stereocenters. The molecule has 0 saturated heterocycles. The highest BCUT2D eigenvalue weighted by atomic mass is 16.5. The number of esters is 1. The molecule has 1 aromatic carbocycles. The van der Waals surface area contributed by atoms with Crippen LogP contribution in [-0.4, -0.2) is 22.9 Å². The highest BCUT2D eigenvalue weighted by Gasteiger charge is 2.15. The van der Waals surface area contributed by atoms with E-state index in [2.05, 4.69) is 17.2 Å². The van der Waals surface area contributed by atoms with E-state index in [1.54, 1.807) is 10.9 Å². The number of aryl methyl sites for hydroxylation is 3. The Morgan fingerprint density at radius 3 is 2.74 bits per heavy atom. The van der Waals surface area contributed by atoms with Crippen LogP contribution in [0.25, 0.3) is 0 Å². The molecule has 0 aliphatic rings. The molecule has 19 heavy (non-hydrogen) atoms. The van der Waals surface area contributed by atoms with Gasteiger partial charge in [-0.2, -0.15) is 5.10 Å². The molecule has 0 spiro atoms. The molecule has 0 radical (unpaired) electrons. The third kappa shape index (κ3) is 3.22. The lowest BCUT2D eigenvalue weighted by Crippen LogP contribution is -2.13. The molecule has 2 aromatic rings. The van der Waals surface area contributed by atoms with Gasteiger partial charge >= 0.3 is 5.97 Å². The molecule has 0 N–H and O–H groups in total. The smallest absolute Gasteiger partial charge is 0.356 e. The predicted molar refractivity (Wildman–Crippen MR) is 73.1 cm³/mol. The Labute approximate surface area is 113 Å². The highest BCUT2D eigenvalue weighted by Crippen LogP contribution is 2.10. The Morgan fingerprint density at radius 1 is 1.32 bits per heavy atom. The summed E-state index contributed by atoms with van der Waals surface area (Å²) in [6.45, 7) is 2.58. The van der Waals surface area contributed by atoms with E-state index in [1.807, 2.05) is 25.1 Å². The normalized spacial score (nSPS) is 10.4. The summed E-state index contributed by atoms with van der Waals surface area (Å²) in [5, 5.41) is 4.23. The van der Waals surface area contributed by atoms with Gasteiger partial charge < -0.3 is 4.74 Å². The molecule has 1 aromatic heterocycles. The lowest BCUT2D eigenvalue weighted by Gasteiger charge is -2.07. The second-order valence-electron chi connectivity index (χ2n) is 4.48. The summed E-state index contributed by atoms with van der Waals surface area (Å²) < 4.78 is 6.51. The molecular formula is C15H18N2O2. The van der Waals surface area contributed by atoms with Crippen molar-refractivity contribution < 1.29 is 9.53 Å². The number of carbonyl (C=O) groups is 1. The number of hydrogen-bond donors (Lipinski definition) is 0. The molecule has 0 amide bonds. The number of nitrogens with zero attached hydrogens (tertiary/aromatic N) is 2. The predicted octanol–water partition coefficient (Wildman–Crippen LogP) is 2.61. The number of ether oxygens (including phenoxy) is 1. The maximum Gasteiger partial charge on any atom is 0.356 e. The Kier molecular flexibility index (Phi) is 4.34. The monoisotopic (exact) mass is 258 g/mol. The Bertz CT molecular complexity index is 547. The van der Waals surface area contributed by atoms with Crippen LogP contribution in [0.2, 0.25) is 0 Å². The summed E-state index contributed by atoms with van der Waals surface area (Å²) >= 11 is 0. The van der Waals surface area contributed by atoms with Gasteiger partial charge in [0.25, 0.3) is 0 Å². The summed E-state index contributed by atoms with van der Waals surface area (Å²) in [4.78, 5) is 11.7. The van der Waals surface area contributed by atoms with Crippen molar-refractivity contribution >= 4 is 5.97 Å². The molecule has 4 heteroatoms. The second kappa shape index (κ2) is 6.18. The quantitative estimate of drug-likeness (QED) is 0.774. The standard InChI is InChI=1S/C15H18N2O2/c1-12-11-16-17(14(12)15(18)19-2)10-6-9-13-7-4-3-5-8-13/h3-5,7-8,11H,6,9-10H2,1-2H3. The van der Waals surface area contributed by atoms with E-state index in [-0.39, 0.29) is 5.97 Å². The summed E-state index contributed by atoms with van der Waals surface area (Å²) in [5.41, 5.74) is 2.70. The van der Waals surface area contributed by atoms with Gasteiger partial charge in [0.2, 0.25) is 0 Å². The van der Waals surface area contributed by atoms with Gasteiger partial charge in [0.1, 0.15) is 5.69 Å². The largest absolute Gasteiger partial charge is 0.464 e. The van der Waals surface area contributed by atoms with Crippen LogP contribution in [0.1, 0.15) is 28.0 Å². The van der Waals surface area contributed by atoms with E-state index in [0.717, 1.165) is 18.4 Å².